The van der Waals surface area contributed by atoms with Crippen LogP contribution in [0.1, 0.15) is 51.5 Å². The Morgan fingerprint density at radius 2 is 1.69 bits per heavy atom. The van der Waals surface area contributed by atoms with E-state index in [0.29, 0.717) is 62.4 Å². The van der Waals surface area contributed by atoms with Crippen LogP contribution in [0.15, 0.2) is 72.2 Å². The number of hydrogen-bond acceptors (Lipinski definition) is 8. The van der Waals surface area contributed by atoms with E-state index in [0.717, 1.165) is 5.56 Å². The topological polar surface area (TPSA) is 136 Å². The van der Waals surface area contributed by atoms with Crippen LogP contribution in [0.5, 0.6) is 0 Å². The molecule has 45 heavy (non-hydrogen) atoms. The van der Waals surface area contributed by atoms with Crippen molar-refractivity contribution in [3.8, 4) is 5.95 Å². The second-order valence-electron chi connectivity index (χ2n) is 13.0. The molecule has 12 heteroatoms. The fraction of sp³-hybridized carbons (Fsp3) is 0.455. The zero-order chi connectivity index (χ0) is 31.8. The zero-order valence-electron chi connectivity index (χ0n) is 25.9. The number of fused-ring (bicyclic) bond motifs is 1. The van der Waals surface area contributed by atoms with E-state index in [-0.39, 0.29) is 35.9 Å². The number of aliphatic hydroxyl groups is 1. The van der Waals surface area contributed by atoms with Gasteiger partial charge in [-0.05, 0) is 57.7 Å². The van der Waals surface area contributed by atoms with Crippen molar-refractivity contribution in [2.45, 2.75) is 63.7 Å². The van der Waals surface area contributed by atoms with Crippen molar-refractivity contribution in [1.29, 1.82) is 0 Å². The predicted octanol–water partition coefficient (Wildman–Crippen LogP) is 3.37. The van der Waals surface area contributed by atoms with E-state index in [1.54, 1.807) is 40.2 Å². The van der Waals surface area contributed by atoms with Crippen LogP contribution in [0.2, 0.25) is 0 Å². The average molecular weight is 614 g/mol. The van der Waals surface area contributed by atoms with Gasteiger partial charge >= 0.3 is 6.09 Å². The first kappa shape index (κ1) is 30.4. The fourth-order valence-corrected chi connectivity index (χ4v) is 6.37. The largest absolute Gasteiger partial charge is 0.444 e. The fourth-order valence-electron chi connectivity index (χ4n) is 6.37. The minimum absolute atomic E-state index is 0.0273. The molecule has 2 atom stereocenters. The molecule has 0 unspecified atom stereocenters. The van der Waals surface area contributed by atoms with Crippen LogP contribution < -0.4 is 5.56 Å². The third-order valence-electron chi connectivity index (χ3n) is 8.72. The number of hydrogen-bond donors (Lipinski definition) is 1. The molecule has 3 aromatic heterocycles. The lowest BCUT2D eigenvalue weighted by Gasteiger charge is -2.43. The summed E-state index contributed by atoms with van der Waals surface area (Å²) < 4.78 is 8.72. The molecule has 2 aliphatic rings. The number of benzene rings is 1. The second-order valence-corrected chi connectivity index (χ2v) is 13.0. The molecule has 4 aromatic rings. The minimum atomic E-state index is -1.17. The summed E-state index contributed by atoms with van der Waals surface area (Å²) in [6.45, 7) is 7.17. The predicted molar refractivity (Wildman–Crippen MR) is 167 cm³/mol. The standard InChI is InChI=1S/C33H39N7O5/c1-32(2,3)45-31(43)38-16-10-24(26(20-38)23-8-5-4-6-9-23)28(41)37-18-12-33(44,13-19-37)21-39-22-36-27-25(29(39)42)11-17-40(27)30-34-14-7-15-35-30/h4-9,11,14-15,17,22,24,26,44H,10,12-13,16,18-21H2,1-3H3/t24-,26+/m1/s1. The smallest absolute Gasteiger partial charge is 0.410 e. The van der Waals surface area contributed by atoms with Gasteiger partial charge in [0.05, 0.1) is 17.5 Å². The van der Waals surface area contributed by atoms with Gasteiger partial charge in [0.1, 0.15) is 11.9 Å². The number of amides is 2. The van der Waals surface area contributed by atoms with Crippen LogP contribution in [-0.4, -0.2) is 88.4 Å². The molecule has 12 nitrogen and oxygen atoms in total. The number of likely N-dealkylation sites (tertiary alicyclic amines) is 2. The van der Waals surface area contributed by atoms with E-state index in [1.807, 2.05) is 56.0 Å². The van der Waals surface area contributed by atoms with Crippen molar-refractivity contribution in [3.05, 3.63) is 83.3 Å². The molecule has 2 fully saturated rings. The molecule has 1 aromatic carbocycles. The van der Waals surface area contributed by atoms with E-state index < -0.39 is 11.2 Å². The lowest BCUT2D eigenvalue weighted by Crippen LogP contribution is -2.53. The molecule has 5 heterocycles. The summed E-state index contributed by atoms with van der Waals surface area (Å²) in [5.74, 6) is -0.0350. The molecule has 0 radical (unpaired) electrons. The van der Waals surface area contributed by atoms with Gasteiger partial charge in [-0.3, -0.25) is 18.7 Å². The molecule has 2 saturated heterocycles. The monoisotopic (exact) mass is 613 g/mol. The van der Waals surface area contributed by atoms with Crippen molar-refractivity contribution in [1.82, 2.24) is 33.9 Å². The highest BCUT2D eigenvalue weighted by Crippen LogP contribution is 2.36. The van der Waals surface area contributed by atoms with Gasteiger partial charge in [0.2, 0.25) is 11.9 Å². The first-order valence-electron chi connectivity index (χ1n) is 15.4. The van der Waals surface area contributed by atoms with Gasteiger partial charge in [0.15, 0.2) is 5.65 Å². The van der Waals surface area contributed by atoms with Crippen molar-refractivity contribution in [2.24, 2.45) is 5.92 Å². The summed E-state index contributed by atoms with van der Waals surface area (Å²) in [4.78, 5) is 56.7. The zero-order valence-corrected chi connectivity index (χ0v) is 25.9. The number of aromatic nitrogens is 5. The van der Waals surface area contributed by atoms with Gasteiger partial charge in [-0.15, -0.1) is 0 Å². The van der Waals surface area contributed by atoms with Gasteiger partial charge in [-0.25, -0.2) is 19.7 Å². The number of carbonyl (C=O) groups is 2. The van der Waals surface area contributed by atoms with Gasteiger partial charge in [0, 0.05) is 56.6 Å². The van der Waals surface area contributed by atoms with Crippen LogP contribution in [0.4, 0.5) is 4.79 Å². The van der Waals surface area contributed by atoms with Crippen LogP contribution in [0.25, 0.3) is 17.0 Å². The van der Waals surface area contributed by atoms with Crippen LogP contribution >= 0.6 is 0 Å². The molecule has 2 amide bonds. The van der Waals surface area contributed by atoms with Crippen molar-refractivity contribution < 1.29 is 19.4 Å². The summed E-state index contributed by atoms with van der Waals surface area (Å²) in [5, 5.41) is 11.9. The number of carbonyl (C=O) groups excluding carboxylic acids is 2. The number of rotatable bonds is 5. The molecule has 6 rings (SSSR count). The molecule has 0 aliphatic carbocycles. The molecular formula is C33H39N7O5. The number of nitrogens with zero attached hydrogens (tertiary/aromatic N) is 7. The highest BCUT2D eigenvalue weighted by atomic mass is 16.6. The minimum Gasteiger partial charge on any atom is -0.444 e. The lowest BCUT2D eigenvalue weighted by atomic mass is 9.79. The highest BCUT2D eigenvalue weighted by molar-refractivity contribution is 5.81. The SMILES string of the molecule is CC(C)(C)OC(=O)N1CC[C@@H](C(=O)N2CCC(O)(Cn3cnc4c(ccn4-c4ncccn4)c3=O)CC2)[C@H](c2ccccc2)C1. The molecule has 2 aliphatic heterocycles. The Hall–Kier alpha value is -4.58. The van der Waals surface area contributed by atoms with Crippen molar-refractivity contribution >= 4 is 23.0 Å². The Labute approximate surface area is 261 Å². The summed E-state index contributed by atoms with van der Waals surface area (Å²) in [7, 11) is 0. The Balaban J connectivity index is 1.13. The summed E-state index contributed by atoms with van der Waals surface area (Å²) in [6.07, 6.45) is 7.20. The third-order valence-corrected chi connectivity index (χ3v) is 8.72. The molecule has 0 spiro atoms. The summed E-state index contributed by atoms with van der Waals surface area (Å²) >= 11 is 0. The first-order valence-corrected chi connectivity index (χ1v) is 15.4. The van der Waals surface area contributed by atoms with E-state index >= 15 is 0 Å². The molecule has 0 saturated carbocycles. The average Bonchev–Trinajstić information content (AvgIpc) is 3.47. The Kier molecular flexibility index (Phi) is 8.17. The second kappa shape index (κ2) is 12.1. The Morgan fingerprint density at radius 3 is 2.38 bits per heavy atom. The third kappa shape index (κ3) is 6.46. The maximum Gasteiger partial charge on any atom is 0.410 e. The van der Waals surface area contributed by atoms with Gasteiger partial charge in [0.25, 0.3) is 5.56 Å². The number of piperidine rings is 2. The van der Waals surface area contributed by atoms with Crippen molar-refractivity contribution in [3.63, 3.8) is 0 Å². The van der Waals surface area contributed by atoms with Crippen molar-refractivity contribution in [2.75, 3.05) is 26.2 Å². The summed E-state index contributed by atoms with van der Waals surface area (Å²) in [5.41, 5.74) is -0.580. The molecule has 236 valence electrons. The van der Waals surface area contributed by atoms with Gasteiger partial charge < -0.3 is 19.6 Å². The lowest BCUT2D eigenvalue weighted by molar-refractivity contribution is -0.142. The Bertz CT molecular complexity index is 1720. The summed E-state index contributed by atoms with van der Waals surface area (Å²) in [6, 6.07) is 13.2. The van der Waals surface area contributed by atoms with Gasteiger partial charge in [-0.2, -0.15) is 0 Å². The van der Waals surface area contributed by atoms with Crippen LogP contribution in [0.3, 0.4) is 0 Å². The van der Waals surface area contributed by atoms with E-state index in [2.05, 4.69) is 15.0 Å². The quantitative estimate of drug-likeness (QED) is 0.362. The van der Waals surface area contributed by atoms with Gasteiger partial charge in [-0.1, -0.05) is 30.3 Å². The maximum absolute atomic E-state index is 14.0. The van der Waals surface area contributed by atoms with Crippen LogP contribution in [0, 0.1) is 5.92 Å². The first-order chi connectivity index (χ1) is 21.5. The van der Waals surface area contributed by atoms with E-state index in [4.69, 9.17) is 4.74 Å². The molecular weight excluding hydrogens is 574 g/mol. The maximum atomic E-state index is 14.0. The van der Waals surface area contributed by atoms with Crippen LogP contribution in [-0.2, 0) is 16.1 Å². The molecule has 1 N–H and O–H groups in total. The number of ether oxygens (including phenoxy) is 1. The molecule has 0 bridgehead atoms. The highest BCUT2D eigenvalue weighted by Gasteiger charge is 2.42. The van der Waals surface area contributed by atoms with E-state index in [1.165, 1.54) is 10.9 Å². The van der Waals surface area contributed by atoms with E-state index in [9.17, 15) is 19.5 Å². The normalized spacial score (nSPS) is 20.3. The Morgan fingerprint density at radius 1 is 0.978 bits per heavy atom.